The van der Waals surface area contributed by atoms with Gasteiger partial charge in [0.1, 0.15) is 5.75 Å². The summed E-state index contributed by atoms with van der Waals surface area (Å²) < 4.78 is 11.0. The largest absolute Gasteiger partial charge is 0.481 e. The Bertz CT molecular complexity index is 738. The SMILES string of the molecule is CCCCOC(=O)c1ccc(NC(=O)[C@@H](CC)Oc2ccc(C)cc2)cc1. The molecule has 0 aliphatic heterocycles. The van der Waals surface area contributed by atoms with Gasteiger partial charge in [-0.15, -0.1) is 0 Å². The quantitative estimate of drug-likeness (QED) is 0.512. The predicted molar refractivity (Wildman–Crippen MR) is 106 cm³/mol. The van der Waals surface area contributed by atoms with Gasteiger partial charge in [-0.25, -0.2) is 4.79 Å². The van der Waals surface area contributed by atoms with E-state index in [2.05, 4.69) is 5.32 Å². The minimum atomic E-state index is -0.591. The number of anilines is 1. The summed E-state index contributed by atoms with van der Waals surface area (Å²) in [4.78, 5) is 24.4. The summed E-state index contributed by atoms with van der Waals surface area (Å²) in [5.41, 5.74) is 2.20. The van der Waals surface area contributed by atoms with Crippen LogP contribution in [-0.2, 0) is 9.53 Å². The van der Waals surface area contributed by atoms with Crippen LogP contribution in [0.1, 0.15) is 49.0 Å². The molecule has 0 aliphatic carbocycles. The van der Waals surface area contributed by atoms with Crippen molar-refractivity contribution >= 4 is 17.6 Å². The van der Waals surface area contributed by atoms with E-state index in [1.807, 2.05) is 45.0 Å². The number of nitrogens with one attached hydrogen (secondary N) is 1. The van der Waals surface area contributed by atoms with E-state index in [0.29, 0.717) is 30.0 Å². The molecule has 144 valence electrons. The molecule has 0 saturated carbocycles. The molecule has 2 aromatic carbocycles. The molecule has 2 aromatic rings. The molecule has 0 fully saturated rings. The highest BCUT2D eigenvalue weighted by molar-refractivity contribution is 5.95. The number of hydrogen-bond donors (Lipinski definition) is 1. The summed E-state index contributed by atoms with van der Waals surface area (Å²) in [6.07, 6.45) is 1.77. The monoisotopic (exact) mass is 369 g/mol. The first-order valence-corrected chi connectivity index (χ1v) is 9.34. The van der Waals surface area contributed by atoms with Crippen LogP contribution in [0.15, 0.2) is 48.5 Å². The molecule has 1 N–H and O–H groups in total. The van der Waals surface area contributed by atoms with Gasteiger partial charge in [0.05, 0.1) is 12.2 Å². The third-order valence-corrected chi connectivity index (χ3v) is 4.08. The van der Waals surface area contributed by atoms with Crippen LogP contribution in [0.3, 0.4) is 0 Å². The Morgan fingerprint density at radius 1 is 1.00 bits per heavy atom. The highest BCUT2D eigenvalue weighted by Gasteiger charge is 2.18. The summed E-state index contributed by atoms with van der Waals surface area (Å²) in [5, 5.41) is 2.83. The van der Waals surface area contributed by atoms with E-state index in [4.69, 9.17) is 9.47 Å². The van der Waals surface area contributed by atoms with E-state index in [0.717, 1.165) is 18.4 Å². The molecule has 0 heterocycles. The van der Waals surface area contributed by atoms with Crippen LogP contribution in [0, 0.1) is 6.92 Å². The Hall–Kier alpha value is -2.82. The normalized spacial score (nSPS) is 11.5. The third kappa shape index (κ3) is 6.44. The molecule has 1 amide bonds. The van der Waals surface area contributed by atoms with E-state index in [-0.39, 0.29) is 11.9 Å². The molecule has 0 spiro atoms. The van der Waals surface area contributed by atoms with Crippen LogP contribution in [-0.4, -0.2) is 24.6 Å². The molecular formula is C22H27NO4. The molecule has 0 radical (unpaired) electrons. The summed E-state index contributed by atoms with van der Waals surface area (Å²) in [7, 11) is 0. The number of ether oxygens (including phenoxy) is 2. The lowest BCUT2D eigenvalue weighted by Crippen LogP contribution is -2.32. The number of aryl methyl sites for hydroxylation is 1. The van der Waals surface area contributed by atoms with E-state index in [9.17, 15) is 9.59 Å². The van der Waals surface area contributed by atoms with Crippen LogP contribution < -0.4 is 10.1 Å². The number of benzene rings is 2. The lowest BCUT2D eigenvalue weighted by atomic mass is 10.2. The highest BCUT2D eigenvalue weighted by atomic mass is 16.5. The van der Waals surface area contributed by atoms with E-state index < -0.39 is 6.10 Å². The summed E-state index contributed by atoms with van der Waals surface area (Å²) >= 11 is 0. The zero-order valence-corrected chi connectivity index (χ0v) is 16.2. The Balaban J connectivity index is 1.93. The topological polar surface area (TPSA) is 64.6 Å². The number of carbonyl (C=O) groups is 2. The van der Waals surface area contributed by atoms with Gasteiger partial charge in [0.15, 0.2) is 6.10 Å². The van der Waals surface area contributed by atoms with E-state index in [1.54, 1.807) is 24.3 Å². The van der Waals surface area contributed by atoms with Crippen molar-refractivity contribution in [3.8, 4) is 5.75 Å². The fourth-order valence-electron chi connectivity index (χ4n) is 2.41. The standard InChI is InChI=1S/C22H27NO4/c1-4-6-15-26-22(25)17-9-11-18(12-10-17)23-21(24)20(5-2)27-19-13-7-16(3)8-14-19/h7-14,20H,4-6,15H2,1-3H3,(H,23,24)/t20-/m1/s1. The van der Waals surface area contributed by atoms with Gasteiger partial charge in [0.2, 0.25) is 0 Å². The maximum atomic E-state index is 12.5. The number of unbranched alkanes of at least 4 members (excludes halogenated alkanes) is 1. The van der Waals surface area contributed by atoms with Crippen LogP contribution in [0.5, 0.6) is 5.75 Å². The molecule has 27 heavy (non-hydrogen) atoms. The minimum absolute atomic E-state index is 0.226. The number of carbonyl (C=O) groups excluding carboxylic acids is 2. The van der Waals surface area contributed by atoms with Crippen molar-refractivity contribution in [3.63, 3.8) is 0 Å². The second-order valence-electron chi connectivity index (χ2n) is 6.38. The fraction of sp³-hybridized carbons (Fsp3) is 0.364. The highest BCUT2D eigenvalue weighted by Crippen LogP contribution is 2.17. The third-order valence-electron chi connectivity index (χ3n) is 4.08. The molecule has 1 atom stereocenters. The second-order valence-corrected chi connectivity index (χ2v) is 6.38. The molecule has 5 nitrogen and oxygen atoms in total. The Kier molecular flexibility index (Phi) is 7.86. The van der Waals surface area contributed by atoms with Crippen molar-refractivity contribution in [1.82, 2.24) is 0 Å². The zero-order chi connectivity index (χ0) is 19.6. The predicted octanol–water partition coefficient (Wildman–Crippen LogP) is 4.75. The van der Waals surface area contributed by atoms with Gasteiger partial charge in [-0.05, 0) is 56.2 Å². The molecule has 0 aromatic heterocycles. The fourth-order valence-corrected chi connectivity index (χ4v) is 2.41. The molecule has 0 saturated heterocycles. The van der Waals surface area contributed by atoms with E-state index in [1.165, 1.54) is 0 Å². The molecule has 0 aliphatic rings. The Labute approximate surface area is 160 Å². The molecule has 2 rings (SSSR count). The number of rotatable bonds is 9. The smallest absolute Gasteiger partial charge is 0.338 e. The second kappa shape index (κ2) is 10.4. The minimum Gasteiger partial charge on any atom is -0.481 e. The number of esters is 1. The summed E-state index contributed by atoms with van der Waals surface area (Å²) in [6.45, 7) is 6.35. The first kappa shape index (κ1) is 20.5. The maximum Gasteiger partial charge on any atom is 0.338 e. The Morgan fingerprint density at radius 3 is 2.26 bits per heavy atom. The lowest BCUT2D eigenvalue weighted by Gasteiger charge is -2.17. The van der Waals surface area contributed by atoms with Crippen molar-refractivity contribution in [2.24, 2.45) is 0 Å². The van der Waals surface area contributed by atoms with Gasteiger partial charge in [0.25, 0.3) is 5.91 Å². The van der Waals surface area contributed by atoms with Crippen molar-refractivity contribution in [2.75, 3.05) is 11.9 Å². The number of amides is 1. The Morgan fingerprint density at radius 2 is 1.67 bits per heavy atom. The van der Waals surface area contributed by atoms with Gasteiger partial charge in [-0.1, -0.05) is 38.0 Å². The molecule has 5 heteroatoms. The van der Waals surface area contributed by atoms with Gasteiger partial charge in [0, 0.05) is 5.69 Å². The molecule has 0 unspecified atom stereocenters. The van der Waals surface area contributed by atoms with Gasteiger partial charge < -0.3 is 14.8 Å². The average molecular weight is 369 g/mol. The van der Waals surface area contributed by atoms with Crippen molar-refractivity contribution in [3.05, 3.63) is 59.7 Å². The van der Waals surface area contributed by atoms with Crippen LogP contribution in [0.25, 0.3) is 0 Å². The van der Waals surface area contributed by atoms with Gasteiger partial charge in [-0.2, -0.15) is 0 Å². The number of hydrogen-bond acceptors (Lipinski definition) is 4. The van der Waals surface area contributed by atoms with Crippen LogP contribution in [0.4, 0.5) is 5.69 Å². The van der Waals surface area contributed by atoms with Gasteiger partial charge in [-0.3, -0.25) is 4.79 Å². The lowest BCUT2D eigenvalue weighted by molar-refractivity contribution is -0.122. The van der Waals surface area contributed by atoms with Crippen molar-refractivity contribution in [1.29, 1.82) is 0 Å². The van der Waals surface area contributed by atoms with Crippen LogP contribution in [0.2, 0.25) is 0 Å². The molecular weight excluding hydrogens is 342 g/mol. The van der Waals surface area contributed by atoms with E-state index >= 15 is 0 Å². The van der Waals surface area contributed by atoms with Crippen LogP contribution >= 0.6 is 0 Å². The van der Waals surface area contributed by atoms with Crippen molar-refractivity contribution in [2.45, 2.75) is 46.1 Å². The first-order valence-electron chi connectivity index (χ1n) is 9.34. The maximum absolute atomic E-state index is 12.5. The molecule has 0 bridgehead atoms. The summed E-state index contributed by atoms with van der Waals surface area (Å²) in [6, 6.07) is 14.3. The average Bonchev–Trinajstić information content (AvgIpc) is 2.68. The van der Waals surface area contributed by atoms with Crippen molar-refractivity contribution < 1.29 is 19.1 Å². The zero-order valence-electron chi connectivity index (χ0n) is 16.2. The van der Waals surface area contributed by atoms with Gasteiger partial charge >= 0.3 is 5.97 Å². The summed E-state index contributed by atoms with van der Waals surface area (Å²) in [5.74, 6) is 0.0829. The first-order chi connectivity index (χ1) is 13.0.